The molecule has 0 bridgehead atoms. The van der Waals surface area contributed by atoms with E-state index in [9.17, 15) is 15.0 Å². The lowest BCUT2D eigenvalue weighted by molar-refractivity contribution is 0.102. The molecule has 1 unspecified atom stereocenters. The van der Waals surface area contributed by atoms with Gasteiger partial charge in [0, 0.05) is 17.6 Å². The summed E-state index contributed by atoms with van der Waals surface area (Å²) in [4.78, 5) is 12.7. The molecule has 1 amide bonds. The maximum absolute atomic E-state index is 12.7. The molecule has 7 heteroatoms. The van der Waals surface area contributed by atoms with E-state index in [2.05, 4.69) is 10.6 Å². The Kier molecular flexibility index (Phi) is 7.52. The van der Waals surface area contributed by atoms with E-state index in [-0.39, 0.29) is 22.0 Å². The Balaban J connectivity index is 2.22. The first kappa shape index (κ1) is 23.0. The number of carbonyl (C=O) groups excluding carboxylic acids is 1. The Morgan fingerprint density at radius 1 is 1.24 bits per heavy atom. The number of carbonyl (C=O) groups is 1. The first-order chi connectivity index (χ1) is 13.5. The van der Waals surface area contributed by atoms with E-state index in [1.165, 1.54) is 12.1 Å². The van der Waals surface area contributed by atoms with Gasteiger partial charge in [0.15, 0.2) is 5.75 Å². The monoisotopic (exact) mass is 420 g/mol. The lowest BCUT2D eigenvalue weighted by Gasteiger charge is -2.23. The highest BCUT2D eigenvalue weighted by Gasteiger charge is 2.18. The fourth-order valence-electron chi connectivity index (χ4n) is 2.73. The first-order valence-corrected chi connectivity index (χ1v) is 9.90. The van der Waals surface area contributed by atoms with Crippen molar-refractivity contribution in [3.63, 3.8) is 0 Å². The van der Waals surface area contributed by atoms with Crippen molar-refractivity contribution in [1.82, 2.24) is 5.32 Å². The fraction of sp³-hybridized carbons (Fsp3) is 0.409. The predicted molar refractivity (Wildman–Crippen MR) is 116 cm³/mol. The van der Waals surface area contributed by atoms with Crippen molar-refractivity contribution in [2.75, 3.05) is 18.5 Å². The average Bonchev–Trinajstić information content (AvgIpc) is 2.64. The van der Waals surface area contributed by atoms with E-state index in [0.717, 1.165) is 5.56 Å². The number of halogens is 1. The highest BCUT2D eigenvalue weighted by atomic mass is 35.5. The molecule has 0 aliphatic rings. The summed E-state index contributed by atoms with van der Waals surface area (Å²) in [5.41, 5.74) is 1.71. The maximum atomic E-state index is 12.7. The molecule has 29 heavy (non-hydrogen) atoms. The summed E-state index contributed by atoms with van der Waals surface area (Å²) in [6.45, 7) is 10.6. The number of aryl methyl sites for hydroxylation is 1. The molecule has 0 saturated heterocycles. The van der Waals surface area contributed by atoms with Gasteiger partial charge in [-0.05, 0) is 76.1 Å². The Hall–Kier alpha value is -2.28. The van der Waals surface area contributed by atoms with E-state index in [1.807, 2.05) is 34.6 Å². The predicted octanol–water partition coefficient (Wildman–Crippen LogP) is 4.43. The van der Waals surface area contributed by atoms with Crippen LogP contribution in [0.5, 0.6) is 11.5 Å². The molecule has 2 aromatic carbocycles. The Morgan fingerprint density at radius 2 is 1.93 bits per heavy atom. The summed E-state index contributed by atoms with van der Waals surface area (Å²) in [5.74, 6) is 0.0655. The summed E-state index contributed by atoms with van der Waals surface area (Å²) in [6, 6.07) is 8.11. The SMILES string of the molecule is CCOc1ccc(C(=O)Nc2cc(C(O)CNC(C)(C)C)cc(Cl)c2O)cc1C. The van der Waals surface area contributed by atoms with E-state index in [4.69, 9.17) is 16.3 Å². The second kappa shape index (κ2) is 9.48. The van der Waals surface area contributed by atoms with E-state index in [1.54, 1.807) is 18.2 Å². The van der Waals surface area contributed by atoms with Crippen LogP contribution in [0.15, 0.2) is 30.3 Å². The van der Waals surface area contributed by atoms with Crippen molar-refractivity contribution >= 4 is 23.2 Å². The number of aromatic hydroxyl groups is 1. The van der Waals surface area contributed by atoms with Crippen LogP contribution in [0.4, 0.5) is 5.69 Å². The molecule has 0 aliphatic heterocycles. The molecule has 2 rings (SSSR count). The summed E-state index contributed by atoms with van der Waals surface area (Å²) in [7, 11) is 0. The van der Waals surface area contributed by atoms with Crippen molar-refractivity contribution in [1.29, 1.82) is 0 Å². The molecule has 0 aliphatic carbocycles. The smallest absolute Gasteiger partial charge is 0.255 e. The van der Waals surface area contributed by atoms with E-state index < -0.39 is 12.0 Å². The Morgan fingerprint density at radius 3 is 2.52 bits per heavy atom. The van der Waals surface area contributed by atoms with Gasteiger partial charge in [-0.2, -0.15) is 0 Å². The highest BCUT2D eigenvalue weighted by molar-refractivity contribution is 6.32. The minimum absolute atomic E-state index is 0.0514. The molecule has 0 fully saturated rings. The van der Waals surface area contributed by atoms with Gasteiger partial charge in [0.25, 0.3) is 5.91 Å². The van der Waals surface area contributed by atoms with Crippen LogP contribution >= 0.6 is 11.6 Å². The zero-order chi connectivity index (χ0) is 21.8. The first-order valence-electron chi connectivity index (χ1n) is 9.52. The zero-order valence-corrected chi connectivity index (χ0v) is 18.2. The molecule has 0 aromatic heterocycles. The zero-order valence-electron chi connectivity index (χ0n) is 17.5. The number of phenolic OH excluding ortho intramolecular Hbond substituents is 1. The number of anilines is 1. The second-order valence-corrected chi connectivity index (χ2v) is 8.32. The number of hydrogen-bond donors (Lipinski definition) is 4. The number of hydrogen-bond acceptors (Lipinski definition) is 5. The molecule has 0 saturated carbocycles. The van der Waals surface area contributed by atoms with Gasteiger partial charge >= 0.3 is 0 Å². The number of benzene rings is 2. The van der Waals surface area contributed by atoms with Gasteiger partial charge in [-0.3, -0.25) is 4.79 Å². The van der Waals surface area contributed by atoms with Gasteiger partial charge in [0.2, 0.25) is 0 Å². The highest BCUT2D eigenvalue weighted by Crippen LogP contribution is 2.35. The Labute approximate surface area is 176 Å². The molecular weight excluding hydrogens is 392 g/mol. The van der Waals surface area contributed by atoms with Crippen LogP contribution in [0.2, 0.25) is 5.02 Å². The van der Waals surface area contributed by atoms with Gasteiger partial charge in [-0.1, -0.05) is 11.6 Å². The maximum Gasteiger partial charge on any atom is 0.255 e. The third kappa shape index (κ3) is 6.35. The number of phenols is 1. The summed E-state index contributed by atoms with van der Waals surface area (Å²) < 4.78 is 5.49. The third-order valence-corrected chi connectivity index (χ3v) is 4.57. The number of ether oxygens (including phenoxy) is 1. The lowest BCUT2D eigenvalue weighted by atomic mass is 10.0. The van der Waals surface area contributed by atoms with Gasteiger partial charge in [0.1, 0.15) is 5.75 Å². The van der Waals surface area contributed by atoms with Gasteiger partial charge < -0.3 is 25.6 Å². The van der Waals surface area contributed by atoms with Crippen LogP contribution < -0.4 is 15.4 Å². The Bertz CT molecular complexity index is 878. The van der Waals surface area contributed by atoms with Crippen molar-refractivity contribution in [3.8, 4) is 11.5 Å². The van der Waals surface area contributed by atoms with Crippen LogP contribution in [0, 0.1) is 6.92 Å². The van der Waals surface area contributed by atoms with Crippen LogP contribution in [-0.4, -0.2) is 34.8 Å². The van der Waals surface area contributed by atoms with Gasteiger partial charge in [-0.25, -0.2) is 0 Å². The normalized spacial score (nSPS) is 12.5. The molecular formula is C22H29ClN2O4. The van der Waals surface area contributed by atoms with E-state index in [0.29, 0.717) is 30.0 Å². The standard InChI is InChI=1S/C22H29ClN2O4/c1-6-29-19-8-7-14(9-13(19)2)21(28)25-17-11-15(10-16(23)20(17)27)18(26)12-24-22(3,4)5/h7-11,18,24,26-27H,6,12H2,1-5H3,(H,25,28). The second-order valence-electron chi connectivity index (χ2n) is 7.91. The summed E-state index contributed by atoms with van der Waals surface area (Å²) in [5, 5.41) is 26.7. The van der Waals surface area contributed by atoms with E-state index >= 15 is 0 Å². The molecule has 4 N–H and O–H groups in total. The molecule has 2 aromatic rings. The molecule has 0 heterocycles. The fourth-order valence-corrected chi connectivity index (χ4v) is 2.96. The topological polar surface area (TPSA) is 90.8 Å². The van der Waals surface area contributed by atoms with Crippen molar-refractivity contribution in [2.45, 2.75) is 46.3 Å². The quantitative estimate of drug-likeness (QED) is 0.497. The van der Waals surface area contributed by atoms with Crippen LogP contribution in [0.1, 0.15) is 55.3 Å². The molecule has 0 spiro atoms. The van der Waals surface area contributed by atoms with Gasteiger partial charge in [0.05, 0.1) is 23.4 Å². The summed E-state index contributed by atoms with van der Waals surface area (Å²) in [6.07, 6.45) is -0.851. The van der Waals surface area contributed by atoms with Crippen molar-refractivity contribution in [3.05, 3.63) is 52.0 Å². The minimum Gasteiger partial charge on any atom is -0.504 e. The molecule has 1 atom stereocenters. The number of β-amino-alcohol motifs (C(OH)–C–C–N with tert-alkyl or cyclic N) is 1. The number of aliphatic hydroxyl groups excluding tert-OH is 1. The average molecular weight is 421 g/mol. The van der Waals surface area contributed by atoms with Crippen molar-refractivity contribution in [2.24, 2.45) is 0 Å². The number of amides is 1. The summed E-state index contributed by atoms with van der Waals surface area (Å²) >= 11 is 6.11. The van der Waals surface area contributed by atoms with Crippen LogP contribution in [-0.2, 0) is 0 Å². The lowest BCUT2D eigenvalue weighted by Crippen LogP contribution is -2.38. The van der Waals surface area contributed by atoms with Gasteiger partial charge in [-0.15, -0.1) is 0 Å². The molecule has 0 radical (unpaired) electrons. The largest absolute Gasteiger partial charge is 0.504 e. The molecule has 158 valence electrons. The minimum atomic E-state index is -0.851. The van der Waals surface area contributed by atoms with Crippen LogP contribution in [0.25, 0.3) is 0 Å². The third-order valence-electron chi connectivity index (χ3n) is 4.28. The number of nitrogens with one attached hydrogen (secondary N) is 2. The van der Waals surface area contributed by atoms with Crippen LogP contribution in [0.3, 0.4) is 0 Å². The molecule has 6 nitrogen and oxygen atoms in total. The number of rotatable bonds is 7. The van der Waals surface area contributed by atoms with Crippen molar-refractivity contribution < 1.29 is 19.7 Å². The number of aliphatic hydroxyl groups is 1.